The number of aryl methyl sites for hydroxylation is 2. The Morgan fingerprint density at radius 2 is 2.17 bits per heavy atom. The van der Waals surface area contributed by atoms with E-state index in [2.05, 4.69) is 16.5 Å². The molecule has 0 saturated heterocycles. The lowest BCUT2D eigenvalue weighted by Gasteiger charge is -2.09. The van der Waals surface area contributed by atoms with Crippen LogP contribution in [0, 0.1) is 18.3 Å². The molecule has 0 atom stereocenters. The van der Waals surface area contributed by atoms with E-state index in [4.69, 9.17) is 10.00 Å². The van der Waals surface area contributed by atoms with Gasteiger partial charge < -0.3 is 10.1 Å². The molecule has 1 heterocycles. The highest BCUT2D eigenvalue weighted by Gasteiger charge is 2.11. The van der Waals surface area contributed by atoms with Gasteiger partial charge in [0, 0.05) is 20.2 Å². The molecule has 1 aromatic heterocycles. The van der Waals surface area contributed by atoms with Crippen molar-refractivity contribution in [2.75, 3.05) is 18.5 Å². The van der Waals surface area contributed by atoms with Gasteiger partial charge >= 0.3 is 0 Å². The molecule has 0 spiro atoms. The monoisotopic (exact) mass is 250 g/mol. The standard InChI is InChI=1S/C13H22N4O/c1-10(2)18-8-6-5-7-15-13-12(9-14)11(3)16-17(13)4/h10,15H,5-8H2,1-4H3. The van der Waals surface area contributed by atoms with Crippen LogP contribution < -0.4 is 5.32 Å². The fraction of sp³-hybridized carbons (Fsp3) is 0.692. The number of anilines is 1. The predicted octanol–water partition coefficient (Wildman–Crippen LogP) is 2.22. The van der Waals surface area contributed by atoms with Gasteiger partial charge in [0.05, 0.1) is 11.8 Å². The van der Waals surface area contributed by atoms with Gasteiger partial charge in [0.1, 0.15) is 17.5 Å². The van der Waals surface area contributed by atoms with Gasteiger partial charge in [-0.25, -0.2) is 0 Å². The van der Waals surface area contributed by atoms with Crippen LogP contribution in [0.3, 0.4) is 0 Å². The molecular formula is C13H22N4O. The molecule has 1 aromatic rings. The van der Waals surface area contributed by atoms with Crippen molar-refractivity contribution in [2.24, 2.45) is 7.05 Å². The van der Waals surface area contributed by atoms with Crippen molar-refractivity contribution >= 4 is 5.82 Å². The van der Waals surface area contributed by atoms with Crippen LogP contribution in [0.25, 0.3) is 0 Å². The third-order valence-electron chi connectivity index (χ3n) is 2.65. The van der Waals surface area contributed by atoms with Gasteiger partial charge in [0.15, 0.2) is 0 Å². The van der Waals surface area contributed by atoms with Gasteiger partial charge in [-0.05, 0) is 33.6 Å². The fourth-order valence-electron chi connectivity index (χ4n) is 1.75. The van der Waals surface area contributed by atoms with Gasteiger partial charge in [0.25, 0.3) is 0 Å². The number of unbranched alkanes of at least 4 members (excludes halogenated alkanes) is 1. The van der Waals surface area contributed by atoms with E-state index in [0.717, 1.165) is 37.5 Å². The molecule has 0 unspecified atom stereocenters. The van der Waals surface area contributed by atoms with E-state index >= 15 is 0 Å². The summed E-state index contributed by atoms with van der Waals surface area (Å²) in [5.74, 6) is 0.805. The molecule has 0 aliphatic rings. The second-order valence-corrected chi connectivity index (χ2v) is 4.60. The Labute approximate surface area is 109 Å². The summed E-state index contributed by atoms with van der Waals surface area (Å²) in [6.45, 7) is 7.54. The van der Waals surface area contributed by atoms with Gasteiger partial charge in [0.2, 0.25) is 0 Å². The number of nitrogens with zero attached hydrogens (tertiary/aromatic N) is 3. The first kappa shape index (κ1) is 14.5. The van der Waals surface area contributed by atoms with Crippen molar-refractivity contribution < 1.29 is 4.74 Å². The number of rotatable bonds is 7. The van der Waals surface area contributed by atoms with E-state index < -0.39 is 0 Å². The van der Waals surface area contributed by atoms with Crippen LogP contribution >= 0.6 is 0 Å². The smallest absolute Gasteiger partial charge is 0.142 e. The third-order valence-corrected chi connectivity index (χ3v) is 2.65. The number of hydrogen-bond acceptors (Lipinski definition) is 4. The molecule has 1 N–H and O–H groups in total. The summed E-state index contributed by atoms with van der Waals surface area (Å²) in [6.07, 6.45) is 2.33. The summed E-state index contributed by atoms with van der Waals surface area (Å²) in [5.41, 5.74) is 1.40. The van der Waals surface area contributed by atoms with Crippen LogP contribution in [0.2, 0.25) is 0 Å². The molecule has 0 saturated carbocycles. The Bertz CT molecular complexity index is 417. The lowest BCUT2D eigenvalue weighted by atomic mass is 10.2. The quantitative estimate of drug-likeness (QED) is 0.754. The summed E-state index contributed by atoms with van der Waals surface area (Å²) in [4.78, 5) is 0. The number of hydrogen-bond donors (Lipinski definition) is 1. The van der Waals surface area contributed by atoms with Crippen molar-refractivity contribution in [3.63, 3.8) is 0 Å². The zero-order valence-corrected chi connectivity index (χ0v) is 11.7. The highest BCUT2D eigenvalue weighted by Crippen LogP contribution is 2.17. The largest absolute Gasteiger partial charge is 0.379 e. The molecule has 0 aromatic carbocycles. The Balaban J connectivity index is 2.34. The number of nitriles is 1. The number of aromatic nitrogens is 2. The molecule has 0 amide bonds. The first-order chi connectivity index (χ1) is 8.56. The first-order valence-corrected chi connectivity index (χ1v) is 6.35. The SMILES string of the molecule is Cc1nn(C)c(NCCCCOC(C)C)c1C#N. The van der Waals surface area contributed by atoms with Crippen LogP contribution in [0.5, 0.6) is 0 Å². The molecule has 0 fully saturated rings. The van der Waals surface area contributed by atoms with E-state index in [1.807, 2.05) is 27.8 Å². The molecule has 0 radical (unpaired) electrons. The van der Waals surface area contributed by atoms with Crippen LogP contribution in [0.1, 0.15) is 37.9 Å². The normalized spacial score (nSPS) is 10.7. The fourth-order valence-corrected chi connectivity index (χ4v) is 1.75. The zero-order chi connectivity index (χ0) is 13.5. The second kappa shape index (κ2) is 7.02. The molecule has 1 rings (SSSR count). The van der Waals surface area contributed by atoms with E-state index in [1.165, 1.54) is 0 Å². The minimum atomic E-state index is 0.294. The van der Waals surface area contributed by atoms with Crippen molar-refractivity contribution in [1.82, 2.24) is 9.78 Å². The molecule has 5 nitrogen and oxygen atoms in total. The summed E-state index contributed by atoms with van der Waals surface area (Å²) in [5, 5.41) is 16.5. The topological polar surface area (TPSA) is 62.9 Å². The van der Waals surface area contributed by atoms with E-state index in [-0.39, 0.29) is 0 Å². The number of nitrogens with one attached hydrogen (secondary N) is 1. The molecule has 100 valence electrons. The Morgan fingerprint density at radius 3 is 2.78 bits per heavy atom. The van der Waals surface area contributed by atoms with E-state index in [1.54, 1.807) is 4.68 Å². The highest BCUT2D eigenvalue weighted by molar-refractivity contribution is 5.54. The molecular weight excluding hydrogens is 228 g/mol. The van der Waals surface area contributed by atoms with Gasteiger partial charge in [-0.15, -0.1) is 0 Å². The lowest BCUT2D eigenvalue weighted by molar-refractivity contribution is 0.0765. The first-order valence-electron chi connectivity index (χ1n) is 6.35. The zero-order valence-electron chi connectivity index (χ0n) is 11.7. The molecule has 18 heavy (non-hydrogen) atoms. The molecule has 0 bridgehead atoms. The van der Waals surface area contributed by atoms with Crippen molar-refractivity contribution in [1.29, 1.82) is 5.26 Å². The average Bonchev–Trinajstić information content (AvgIpc) is 2.57. The van der Waals surface area contributed by atoms with Crippen molar-refractivity contribution in [3.8, 4) is 6.07 Å². The van der Waals surface area contributed by atoms with Crippen LogP contribution in [-0.4, -0.2) is 29.0 Å². The third kappa shape index (κ3) is 4.04. The van der Waals surface area contributed by atoms with Crippen LogP contribution in [0.15, 0.2) is 0 Å². The Kier molecular flexibility index (Phi) is 5.66. The summed E-state index contributed by atoms with van der Waals surface area (Å²) < 4.78 is 7.19. The maximum absolute atomic E-state index is 9.05. The predicted molar refractivity (Wildman–Crippen MR) is 71.5 cm³/mol. The Hall–Kier alpha value is -1.54. The average molecular weight is 250 g/mol. The highest BCUT2D eigenvalue weighted by atomic mass is 16.5. The van der Waals surface area contributed by atoms with Crippen LogP contribution in [-0.2, 0) is 11.8 Å². The van der Waals surface area contributed by atoms with Crippen molar-refractivity contribution in [3.05, 3.63) is 11.3 Å². The molecule has 0 aliphatic heterocycles. The molecule has 5 heteroatoms. The van der Waals surface area contributed by atoms with Gasteiger partial charge in [-0.3, -0.25) is 4.68 Å². The van der Waals surface area contributed by atoms with Crippen molar-refractivity contribution in [2.45, 2.75) is 39.7 Å². The summed E-state index contributed by atoms with van der Waals surface area (Å²) in [6, 6.07) is 2.18. The summed E-state index contributed by atoms with van der Waals surface area (Å²) >= 11 is 0. The minimum Gasteiger partial charge on any atom is -0.379 e. The van der Waals surface area contributed by atoms with E-state index in [0.29, 0.717) is 11.7 Å². The van der Waals surface area contributed by atoms with Gasteiger partial charge in [-0.2, -0.15) is 10.4 Å². The minimum absolute atomic E-state index is 0.294. The number of ether oxygens (including phenoxy) is 1. The maximum atomic E-state index is 9.05. The summed E-state index contributed by atoms with van der Waals surface area (Å²) in [7, 11) is 1.85. The maximum Gasteiger partial charge on any atom is 0.142 e. The molecule has 0 aliphatic carbocycles. The van der Waals surface area contributed by atoms with Gasteiger partial charge in [-0.1, -0.05) is 0 Å². The lowest BCUT2D eigenvalue weighted by Crippen LogP contribution is -2.09. The Morgan fingerprint density at radius 1 is 1.44 bits per heavy atom. The second-order valence-electron chi connectivity index (χ2n) is 4.60. The van der Waals surface area contributed by atoms with E-state index in [9.17, 15) is 0 Å². The van der Waals surface area contributed by atoms with Crippen LogP contribution in [0.4, 0.5) is 5.82 Å².